The Morgan fingerprint density at radius 1 is 1.32 bits per heavy atom. The number of carbonyl (C=O) groups excluding carboxylic acids is 2. The van der Waals surface area contributed by atoms with Gasteiger partial charge in [-0.1, -0.05) is 0 Å². The molecule has 1 atom stereocenters. The minimum absolute atomic E-state index is 0.361. The van der Waals surface area contributed by atoms with E-state index in [1.54, 1.807) is 20.8 Å². The molecule has 1 fully saturated rings. The van der Waals surface area contributed by atoms with Crippen LogP contribution >= 0.6 is 0 Å². The summed E-state index contributed by atoms with van der Waals surface area (Å²) in [6.45, 7) is 6.72. The van der Waals surface area contributed by atoms with E-state index in [-0.39, 0.29) is 12.8 Å². The molecule has 7 heteroatoms. The van der Waals surface area contributed by atoms with Crippen molar-refractivity contribution in [2.24, 2.45) is 0 Å². The van der Waals surface area contributed by atoms with Gasteiger partial charge in [0.1, 0.15) is 0 Å². The van der Waals surface area contributed by atoms with Gasteiger partial charge in [-0.05, 0) is 27.7 Å². The first-order valence-corrected chi connectivity index (χ1v) is 6.15. The number of carbonyl (C=O) groups is 2. The highest BCUT2D eigenvalue weighted by Gasteiger charge is 2.46. The Morgan fingerprint density at radius 2 is 1.84 bits per heavy atom. The maximum absolute atomic E-state index is 12.6. The van der Waals surface area contributed by atoms with Crippen molar-refractivity contribution in [3.63, 3.8) is 0 Å². The van der Waals surface area contributed by atoms with Crippen LogP contribution in [0.4, 0.5) is 13.6 Å². The maximum Gasteiger partial charge on any atom is 0.408 e. The zero-order valence-corrected chi connectivity index (χ0v) is 11.5. The molecular formula is C12H20F2N2O3. The van der Waals surface area contributed by atoms with Crippen LogP contribution in [0.25, 0.3) is 0 Å². The van der Waals surface area contributed by atoms with E-state index in [1.165, 1.54) is 6.92 Å². The van der Waals surface area contributed by atoms with Crippen molar-refractivity contribution in [2.75, 3.05) is 0 Å². The molecule has 0 aromatic carbocycles. The van der Waals surface area contributed by atoms with Gasteiger partial charge < -0.3 is 15.4 Å². The third kappa shape index (κ3) is 5.40. The minimum Gasteiger partial charge on any atom is -0.436 e. The lowest BCUT2D eigenvalue weighted by molar-refractivity contribution is -0.136. The third-order valence-electron chi connectivity index (χ3n) is 2.57. The van der Waals surface area contributed by atoms with Crippen molar-refractivity contribution in [1.82, 2.24) is 10.6 Å². The molecule has 1 aliphatic carbocycles. The number of halogens is 2. The second-order valence-electron chi connectivity index (χ2n) is 5.89. The van der Waals surface area contributed by atoms with Crippen molar-refractivity contribution in [1.29, 1.82) is 0 Å². The van der Waals surface area contributed by atoms with E-state index < -0.39 is 35.6 Å². The zero-order chi connectivity index (χ0) is 14.8. The van der Waals surface area contributed by atoms with Crippen molar-refractivity contribution < 1.29 is 23.1 Å². The van der Waals surface area contributed by atoms with Crippen molar-refractivity contribution in [3.05, 3.63) is 0 Å². The van der Waals surface area contributed by atoms with E-state index in [2.05, 4.69) is 10.6 Å². The average molecular weight is 278 g/mol. The second kappa shape index (κ2) is 5.30. The molecule has 1 aliphatic rings. The summed E-state index contributed by atoms with van der Waals surface area (Å²) < 4.78 is 30.0. The van der Waals surface area contributed by atoms with E-state index in [4.69, 9.17) is 4.74 Å². The Labute approximate surface area is 111 Å². The van der Waals surface area contributed by atoms with Crippen molar-refractivity contribution >= 4 is 12.0 Å². The summed E-state index contributed by atoms with van der Waals surface area (Å²) in [6.07, 6.45) is -2.45. The molecule has 0 saturated heterocycles. The highest BCUT2D eigenvalue weighted by molar-refractivity contribution is 5.83. The smallest absolute Gasteiger partial charge is 0.408 e. The van der Waals surface area contributed by atoms with Crippen molar-refractivity contribution in [3.8, 4) is 0 Å². The van der Waals surface area contributed by atoms with Gasteiger partial charge in [-0.3, -0.25) is 4.79 Å². The molecule has 0 heterocycles. The van der Waals surface area contributed by atoms with Crippen LogP contribution in [0.1, 0.15) is 40.5 Å². The molecule has 0 spiro atoms. The van der Waals surface area contributed by atoms with Crippen molar-refractivity contribution in [2.45, 2.75) is 64.1 Å². The van der Waals surface area contributed by atoms with Crippen LogP contribution in [0.3, 0.4) is 0 Å². The number of ether oxygens (including phenoxy) is 1. The summed E-state index contributed by atoms with van der Waals surface area (Å²) in [5.41, 5.74) is -0.469. The fourth-order valence-corrected chi connectivity index (χ4v) is 1.63. The second-order valence-corrected chi connectivity index (χ2v) is 5.89. The predicted octanol–water partition coefficient (Wildman–Crippen LogP) is 1.81. The van der Waals surface area contributed by atoms with Crippen LogP contribution in [0.15, 0.2) is 0 Å². The Balaban J connectivity index is 2.31. The summed E-state index contributed by atoms with van der Waals surface area (Å²) >= 11 is 0. The van der Waals surface area contributed by atoms with E-state index in [0.29, 0.717) is 0 Å². The zero-order valence-electron chi connectivity index (χ0n) is 11.5. The quantitative estimate of drug-likeness (QED) is 0.827. The maximum atomic E-state index is 12.6. The Morgan fingerprint density at radius 3 is 2.26 bits per heavy atom. The van der Waals surface area contributed by atoms with Gasteiger partial charge in [-0.2, -0.15) is 0 Å². The largest absolute Gasteiger partial charge is 0.436 e. The molecule has 2 N–H and O–H groups in total. The third-order valence-corrected chi connectivity index (χ3v) is 2.57. The van der Waals surface area contributed by atoms with Crippen LogP contribution in [-0.2, 0) is 9.53 Å². The van der Waals surface area contributed by atoms with E-state index in [0.717, 1.165) is 0 Å². The van der Waals surface area contributed by atoms with Gasteiger partial charge in [0.05, 0.1) is 0 Å². The first-order chi connectivity index (χ1) is 8.48. The first-order valence-electron chi connectivity index (χ1n) is 6.15. The van der Waals surface area contributed by atoms with E-state index >= 15 is 0 Å². The Hall–Kier alpha value is -1.40. The summed E-state index contributed by atoms with van der Waals surface area (Å²) in [5.74, 6) is -3.25. The summed E-state index contributed by atoms with van der Waals surface area (Å²) in [4.78, 5) is 23.0. The standard InChI is InChI=1S/C12H20F2N2O3/c1-7(19-10(18)16-11(2,3)4)9(17)15-8-5-12(13,14)6-8/h7-8H,5-6H2,1-4H3,(H,15,17)(H,16,18)/t7-/m1/s1. The number of nitrogens with one attached hydrogen (secondary N) is 2. The molecule has 1 rings (SSSR count). The molecule has 2 amide bonds. The van der Waals surface area contributed by atoms with Crippen LogP contribution < -0.4 is 10.6 Å². The van der Waals surface area contributed by atoms with Crippen LogP contribution in [0, 0.1) is 0 Å². The Bertz CT molecular complexity index is 358. The number of alkyl carbamates (subject to hydrolysis) is 1. The fraction of sp³-hybridized carbons (Fsp3) is 0.833. The topological polar surface area (TPSA) is 67.4 Å². The highest BCUT2D eigenvalue weighted by atomic mass is 19.3. The van der Waals surface area contributed by atoms with E-state index in [9.17, 15) is 18.4 Å². The summed E-state index contributed by atoms with van der Waals surface area (Å²) in [7, 11) is 0. The number of amides is 2. The molecule has 1 saturated carbocycles. The molecule has 110 valence electrons. The SMILES string of the molecule is C[C@@H](OC(=O)NC(C)(C)C)C(=O)NC1CC(F)(F)C1. The average Bonchev–Trinajstić information content (AvgIpc) is 2.10. The van der Waals surface area contributed by atoms with Crippen LogP contribution in [0.5, 0.6) is 0 Å². The van der Waals surface area contributed by atoms with Gasteiger partial charge in [0.2, 0.25) is 0 Å². The van der Waals surface area contributed by atoms with Gasteiger partial charge in [-0.25, -0.2) is 13.6 Å². The number of alkyl halides is 2. The highest BCUT2D eigenvalue weighted by Crippen LogP contribution is 2.37. The lowest BCUT2D eigenvalue weighted by Crippen LogP contribution is -2.53. The molecule has 5 nitrogen and oxygen atoms in total. The van der Waals surface area contributed by atoms with Gasteiger partial charge in [0.25, 0.3) is 11.8 Å². The predicted molar refractivity (Wildman–Crippen MR) is 64.9 cm³/mol. The molecule has 0 unspecified atom stereocenters. The lowest BCUT2D eigenvalue weighted by Gasteiger charge is -2.35. The number of rotatable bonds is 3. The van der Waals surface area contributed by atoms with Gasteiger partial charge in [0, 0.05) is 24.4 Å². The molecule has 0 aromatic rings. The summed E-state index contributed by atoms with van der Waals surface area (Å²) in [6, 6.07) is -0.542. The molecular weight excluding hydrogens is 258 g/mol. The molecule has 0 aromatic heterocycles. The van der Waals surface area contributed by atoms with Crippen LogP contribution in [0.2, 0.25) is 0 Å². The summed E-state index contributed by atoms with van der Waals surface area (Å²) in [5, 5.41) is 4.95. The molecule has 0 aliphatic heterocycles. The minimum atomic E-state index is -2.69. The molecule has 19 heavy (non-hydrogen) atoms. The monoisotopic (exact) mass is 278 g/mol. The normalized spacial score (nSPS) is 20.1. The van der Waals surface area contributed by atoms with Gasteiger partial charge in [0.15, 0.2) is 6.10 Å². The molecule has 0 radical (unpaired) electrons. The number of hydrogen-bond acceptors (Lipinski definition) is 3. The number of hydrogen-bond donors (Lipinski definition) is 2. The fourth-order valence-electron chi connectivity index (χ4n) is 1.63. The first kappa shape index (κ1) is 15.7. The van der Waals surface area contributed by atoms with Gasteiger partial charge >= 0.3 is 6.09 Å². The van der Waals surface area contributed by atoms with Crippen LogP contribution in [-0.4, -0.2) is 35.6 Å². The van der Waals surface area contributed by atoms with E-state index in [1.807, 2.05) is 0 Å². The Kier molecular flexibility index (Phi) is 4.37. The van der Waals surface area contributed by atoms with Gasteiger partial charge in [-0.15, -0.1) is 0 Å². The molecule has 0 bridgehead atoms. The lowest BCUT2D eigenvalue weighted by atomic mass is 9.88.